The number of hydrogen-bond acceptors (Lipinski definition) is 2. The molecule has 1 aliphatic rings. The summed E-state index contributed by atoms with van der Waals surface area (Å²) in [5, 5.41) is 0. The Morgan fingerprint density at radius 2 is 1.88 bits per heavy atom. The summed E-state index contributed by atoms with van der Waals surface area (Å²) in [4.78, 5) is 22.6. The Balaban J connectivity index is 2.55. The highest BCUT2D eigenvalue weighted by Crippen LogP contribution is 2.31. The number of ketones is 1. The maximum atomic E-state index is 12.2. The van der Waals surface area contributed by atoms with Crippen LogP contribution in [-0.2, 0) is 9.59 Å². The third-order valence-electron chi connectivity index (χ3n) is 2.27. The zero-order valence-electron chi connectivity index (χ0n) is 8.39. The minimum atomic E-state index is -4.87. The monoisotopic (exact) mass is 257 g/mol. The van der Waals surface area contributed by atoms with Crippen LogP contribution in [-0.4, -0.2) is 41.2 Å². The number of rotatable bonds is 5. The molecule has 0 heterocycles. The van der Waals surface area contributed by atoms with Crippen LogP contribution in [0.25, 0.3) is 0 Å². The van der Waals surface area contributed by atoms with Gasteiger partial charge in [0.05, 0.1) is 5.88 Å². The maximum absolute atomic E-state index is 12.2. The number of Topliss-reactive ketones (excluding diaryl/α,β-unsaturated/α-hetero) is 1. The zero-order valence-corrected chi connectivity index (χ0v) is 9.14. The van der Waals surface area contributed by atoms with Gasteiger partial charge in [-0.05, 0) is 12.8 Å². The number of carbonyl (C=O) groups excluding carboxylic acids is 2. The van der Waals surface area contributed by atoms with Crippen molar-refractivity contribution in [2.75, 3.05) is 12.4 Å². The van der Waals surface area contributed by atoms with Crippen molar-refractivity contribution >= 4 is 23.3 Å². The molecule has 0 aromatic carbocycles. The highest BCUT2D eigenvalue weighted by molar-refractivity contribution is 6.27. The fraction of sp³-hybridized carbons (Fsp3) is 0.778. The number of amides is 1. The van der Waals surface area contributed by atoms with Crippen molar-refractivity contribution in [2.24, 2.45) is 0 Å². The molecule has 1 rings (SSSR count). The van der Waals surface area contributed by atoms with Crippen molar-refractivity contribution < 1.29 is 22.8 Å². The zero-order chi connectivity index (χ0) is 12.3. The number of halogens is 4. The lowest BCUT2D eigenvalue weighted by Crippen LogP contribution is -2.43. The first-order valence-electron chi connectivity index (χ1n) is 4.81. The SMILES string of the molecule is O=C(CCl)CCN(C(=O)C(F)(F)F)C1CC1. The Bertz CT molecular complexity index is 289. The number of hydrogen-bond donors (Lipinski definition) is 0. The van der Waals surface area contributed by atoms with Crippen LogP contribution in [0.4, 0.5) is 13.2 Å². The Labute approximate surface area is 95.5 Å². The first-order valence-corrected chi connectivity index (χ1v) is 5.35. The number of alkyl halides is 4. The number of nitrogens with zero attached hydrogens (tertiary/aromatic N) is 1. The van der Waals surface area contributed by atoms with Crippen molar-refractivity contribution in [1.29, 1.82) is 0 Å². The van der Waals surface area contributed by atoms with E-state index in [-0.39, 0.29) is 30.7 Å². The van der Waals surface area contributed by atoms with Gasteiger partial charge in [-0.15, -0.1) is 11.6 Å². The lowest BCUT2D eigenvalue weighted by molar-refractivity contribution is -0.186. The first-order chi connectivity index (χ1) is 7.36. The summed E-state index contributed by atoms with van der Waals surface area (Å²) in [6.07, 6.45) is -3.86. The van der Waals surface area contributed by atoms with E-state index in [0.29, 0.717) is 12.8 Å². The van der Waals surface area contributed by atoms with Gasteiger partial charge in [0.1, 0.15) is 5.78 Å². The van der Waals surface area contributed by atoms with Gasteiger partial charge >= 0.3 is 12.1 Å². The Hall–Kier alpha value is -0.780. The summed E-state index contributed by atoms with van der Waals surface area (Å²) in [7, 11) is 0. The van der Waals surface area contributed by atoms with Gasteiger partial charge in [0.2, 0.25) is 0 Å². The molecule has 0 aromatic heterocycles. The van der Waals surface area contributed by atoms with Gasteiger partial charge < -0.3 is 4.90 Å². The van der Waals surface area contributed by atoms with E-state index in [1.165, 1.54) is 0 Å². The Kier molecular flexibility index (Phi) is 4.18. The minimum absolute atomic E-state index is 0.123. The molecule has 7 heteroatoms. The van der Waals surface area contributed by atoms with Crippen LogP contribution < -0.4 is 0 Å². The third kappa shape index (κ3) is 3.66. The van der Waals surface area contributed by atoms with Gasteiger partial charge in [0.15, 0.2) is 0 Å². The molecule has 0 atom stereocenters. The Morgan fingerprint density at radius 3 is 2.25 bits per heavy atom. The molecule has 3 nitrogen and oxygen atoms in total. The molecule has 0 aliphatic heterocycles. The molecule has 1 saturated carbocycles. The predicted octanol–water partition coefficient (Wildman–Crippen LogP) is 1.74. The summed E-state index contributed by atoms with van der Waals surface area (Å²) in [6, 6.07) is -0.364. The molecule has 16 heavy (non-hydrogen) atoms. The lowest BCUT2D eigenvalue weighted by Gasteiger charge is -2.22. The van der Waals surface area contributed by atoms with E-state index in [9.17, 15) is 22.8 Å². The van der Waals surface area contributed by atoms with Gasteiger partial charge in [-0.1, -0.05) is 0 Å². The van der Waals surface area contributed by atoms with E-state index in [2.05, 4.69) is 0 Å². The quantitative estimate of drug-likeness (QED) is 0.704. The van der Waals surface area contributed by atoms with Gasteiger partial charge in [0, 0.05) is 19.0 Å². The topological polar surface area (TPSA) is 37.4 Å². The molecule has 0 aromatic rings. The van der Waals surface area contributed by atoms with Crippen molar-refractivity contribution in [1.82, 2.24) is 4.90 Å². The summed E-state index contributed by atoms with van der Waals surface area (Å²) in [5.41, 5.74) is 0. The van der Waals surface area contributed by atoms with Crippen LogP contribution in [0.5, 0.6) is 0 Å². The van der Waals surface area contributed by atoms with E-state index in [1.54, 1.807) is 0 Å². The predicted molar refractivity (Wildman–Crippen MR) is 51.1 cm³/mol. The van der Waals surface area contributed by atoms with Crippen LogP contribution in [0.15, 0.2) is 0 Å². The molecule has 0 radical (unpaired) electrons. The normalized spacial score (nSPS) is 16.0. The van der Waals surface area contributed by atoms with E-state index in [4.69, 9.17) is 11.6 Å². The van der Waals surface area contributed by atoms with E-state index in [1.807, 2.05) is 0 Å². The van der Waals surface area contributed by atoms with Crippen LogP contribution >= 0.6 is 11.6 Å². The van der Waals surface area contributed by atoms with Gasteiger partial charge in [-0.25, -0.2) is 0 Å². The molecule has 0 saturated heterocycles. The highest BCUT2D eigenvalue weighted by atomic mass is 35.5. The second-order valence-electron chi connectivity index (χ2n) is 3.65. The summed E-state index contributed by atoms with van der Waals surface area (Å²) < 4.78 is 36.6. The van der Waals surface area contributed by atoms with Gasteiger partial charge in [-0.2, -0.15) is 13.2 Å². The van der Waals surface area contributed by atoms with E-state index >= 15 is 0 Å². The molecule has 92 valence electrons. The second-order valence-corrected chi connectivity index (χ2v) is 3.92. The van der Waals surface area contributed by atoms with Gasteiger partial charge in [0.25, 0.3) is 0 Å². The molecule has 0 spiro atoms. The molecule has 0 N–H and O–H groups in total. The fourth-order valence-corrected chi connectivity index (χ4v) is 1.44. The summed E-state index contributed by atoms with van der Waals surface area (Å²) in [6.45, 7) is -0.200. The van der Waals surface area contributed by atoms with Gasteiger partial charge in [-0.3, -0.25) is 9.59 Å². The van der Waals surface area contributed by atoms with Crippen LogP contribution in [0.3, 0.4) is 0 Å². The van der Waals surface area contributed by atoms with E-state index in [0.717, 1.165) is 4.90 Å². The van der Waals surface area contributed by atoms with Crippen molar-refractivity contribution in [3.63, 3.8) is 0 Å². The fourth-order valence-electron chi connectivity index (χ4n) is 1.31. The average molecular weight is 258 g/mol. The maximum Gasteiger partial charge on any atom is 0.471 e. The molecule has 1 aliphatic carbocycles. The van der Waals surface area contributed by atoms with Crippen LogP contribution in [0.1, 0.15) is 19.3 Å². The Morgan fingerprint density at radius 1 is 1.31 bits per heavy atom. The average Bonchev–Trinajstić information content (AvgIpc) is 3.00. The second kappa shape index (κ2) is 5.03. The van der Waals surface area contributed by atoms with Crippen molar-refractivity contribution in [3.05, 3.63) is 0 Å². The molecular weight excluding hydrogens is 247 g/mol. The lowest BCUT2D eigenvalue weighted by atomic mass is 10.3. The molecule has 0 bridgehead atoms. The number of carbonyl (C=O) groups is 2. The van der Waals surface area contributed by atoms with Crippen molar-refractivity contribution in [3.8, 4) is 0 Å². The molecular formula is C9H11ClF3NO2. The third-order valence-corrected chi connectivity index (χ3v) is 2.57. The largest absolute Gasteiger partial charge is 0.471 e. The molecule has 1 fully saturated rings. The van der Waals surface area contributed by atoms with E-state index < -0.39 is 12.1 Å². The summed E-state index contributed by atoms with van der Waals surface area (Å²) in [5.74, 6) is -2.46. The van der Waals surface area contributed by atoms with Crippen LogP contribution in [0.2, 0.25) is 0 Å². The highest BCUT2D eigenvalue weighted by Gasteiger charge is 2.46. The smallest absolute Gasteiger partial charge is 0.331 e. The van der Waals surface area contributed by atoms with Crippen LogP contribution in [0, 0.1) is 0 Å². The standard InChI is InChI=1S/C9H11ClF3NO2/c10-5-7(15)3-4-14(6-1-2-6)8(16)9(11,12)13/h6H,1-5H2. The summed E-state index contributed by atoms with van der Waals surface area (Å²) >= 11 is 5.22. The minimum Gasteiger partial charge on any atom is -0.331 e. The molecule has 1 amide bonds. The molecule has 0 unspecified atom stereocenters. The van der Waals surface area contributed by atoms with Crippen molar-refractivity contribution in [2.45, 2.75) is 31.5 Å². The first kappa shape index (κ1) is 13.3.